The molecule has 2 aromatic heterocycles. The van der Waals surface area contributed by atoms with Gasteiger partial charge in [0.25, 0.3) is 0 Å². The fraction of sp³-hybridized carbons (Fsp3) is 0.0625. The molecule has 0 aliphatic carbocycles. The SMILES string of the molecule is COc1cccc(Nc2ncnc(Nc3cccnc3)c2[N+](=O)[O-])c1. The van der Waals surface area contributed by atoms with Gasteiger partial charge in [-0.1, -0.05) is 6.07 Å². The van der Waals surface area contributed by atoms with Gasteiger partial charge in [0.2, 0.25) is 11.6 Å². The summed E-state index contributed by atoms with van der Waals surface area (Å²) in [6, 6.07) is 10.4. The van der Waals surface area contributed by atoms with Crippen LogP contribution in [-0.2, 0) is 0 Å². The summed E-state index contributed by atoms with van der Waals surface area (Å²) in [5.74, 6) is 0.758. The second-order valence-electron chi connectivity index (χ2n) is 4.90. The summed E-state index contributed by atoms with van der Waals surface area (Å²) in [5.41, 5.74) is 0.916. The van der Waals surface area contributed by atoms with E-state index in [1.807, 2.05) is 0 Å². The Morgan fingerprint density at radius 3 is 2.44 bits per heavy atom. The first-order valence-electron chi connectivity index (χ1n) is 7.25. The lowest BCUT2D eigenvalue weighted by atomic mass is 10.3. The molecule has 0 fully saturated rings. The molecule has 126 valence electrons. The van der Waals surface area contributed by atoms with Crippen LogP contribution in [0.15, 0.2) is 55.1 Å². The third-order valence-electron chi connectivity index (χ3n) is 3.26. The first-order valence-corrected chi connectivity index (χ1v) is 7.25. The third-order valence-corrected chi connectivity index (χ3v) is 3.26. The minimum absolute atomic E-state index is 0.0680. The average molecular weight is 338 g/mol. The smallest absolute Gasteiger partial charge is 0.353 e. The monoisotopic (exact) mass is 338 g/mol. The highest BCUT2D eigenvalue weighted by Crippen LogP contribution is 2.33. The van der Waals surface area contributed by atoms with Crippen LogP contribution in [0.25, 0.3) is 0 Å². The van der Waals surface area contributed by atoms with E-state index in [1.165, 1.54) is 6.33 Å². The Morgan fingerprint density at radius 1 is 1.08 bits per heavy atom. The molecule has 9 nitrogen and oxygen atoms in total. The minimum Gasteiger partial charge on any atom is -0.497 e. The lowest BCUT2D eigenvalue weighted by Gasteiger charge is -2.10. The summed E-state index contributed by atoms with van der Waals surface area (Å²) < 4.78 is 5.15. The van der Waals surface area contributed by atoms with E-state index in [-0.39, 0.29) is 17.3 Å². The number of rotatable bonds is 6. The van der Waals surface area contributed by atoms with E-state index in [0.29, 0.717) is 17.1 Å². The summed E-state index contributed by atoms with van der Waals surface area (Å²) >= 11 is 0. The molecular weight excluding hydrogens is 324 g/mol. The molecule has 0 unspecified atom stereocenters. The molecule has 0 saturated carbocycles. The fourth-order valence-electron chi connectivity index (χ4n) is 2.15. The standard InChI is InChI=1S/C16H14N6O3/c1-25-13-6-2-4-11(8-13)20-15-14(22(23)24)16(19-10-18-15)21-12-5-3-7-17-9-12/h2-10H,1H3,(H2,18,19,20,21). The number of ether oxygens (including phenoxy) is 1. The molecule has 2 N–H and O–H groups in total. The van der Waals surface area contributed by atoms with E-state index in [4.69, 9.17) is 4.74 Å². The van der Waals surface area contributed by atoms with E-state index in [9.17, 15) is 10.1 Å². The van der Waals surface area contributed by atoms with Gasteiger partial charge in [0.1, 0.15) is 12.1 Å². The molecule has 9 heteroatoms. The first kappa shape index (κ1) is 16.1. The van der Waals surface area contributed by atoms with Gasteiger partial charge >= 0.3 is 5.69 Å². The van der Waals surface area contributed by atoms with Crippen molar-refractivity contribution >= 4 is 28.7 Å². The first-order chi connectivity index (χ1) is 12.2. The molecule has 1 aromatic carbocycles. The van der Waals surface area contributed by atoms with E-state index >= 15 is 0 Å². The van der Waals surface area contributed by atoms with Crippen LogP contribution in [0.3, 0.4) is 0 Å². The zero-order chi connectivity index (χ0) is 17.6. The highest BCUT2D eigenvalue weighted by atomic mass is 16.6. The number of nitrogens with one attached hydrogen (secondary N) is 2. The summed E-state index contributed by atoms with van der Waals surface area (Å²) in [6.45, 7) is 0. The molecule has 3 rings (SSSR count). The van der Waals surface area contributed by atoms with Gasteiger partial charge in [-0.05, 0) is 24.3 Å². The van der Waals surface area contributed by atoms with Gasteiger partial charge in [-0.15, -0.1) is 0 Å². The van der Waals surface area contributed by atoms with Crippen molar-refractivity contribution in [3.8, 4) is 5.75 Å². The number of methoxy groups -OCH3 is 1. The number of hydrogen-bond acceptors (Lipinski definition) is 8. The Bertz CT molecular complexity index is 888. The number of nitrogens with zero attached hydrogens (tertiary/aromatic N) is 4. The molecule has 0 bridgehead atoms. The Labute approximate surface area is 142 Å². The molecule has 3 aromatic rings. The molecular formula is C16H14N6O3. The number of aromatic nitrogens is 3. The van der Waals surface area contributed by atoms with Crippen LogP contribution < -0.4 is 15.4 Å². The Morgan fingerprint density at radius 2 is 1.80 bits per heavy atom. The summed E-state index contributed by atoms with van der Waals surface area (Å²) in [4.78, 5) is 22.9. The van der Waals surface area contributed by atoms with Crippen LogP contribution in [0.5, 0.6) is 5.75 Å². The molecule has 0 aliphatic heterocycles. The zero-order valence-electron chi connectivity index (χ0n) is 13.2. The van der Waals surface area contributed by atoms with Gasteiger partial charge in [0.05, 0.1) is 23.9 Å². The van der Waals surface area contributed by atoms with Crippen molar-refractivity contribution in [3.05, 3.63) is 65.2 Å². The van der Waals surface area contributed by atoms with Crippen molar-refractivity contribution in [2.24, 2.45) is 0 Å². The molecule has 0 spiro atoms. The van der Waals surface area contributed by atoms with E-state index in [2.05, 4.69) is 25.6 Å². The van der Waals surface area contributed by atoms with E-state index in [1.54, 1.807) is 55.9 Å². The Kier molecular flexibility index (Phi) is 4.65. The van der Waals surface area contributed by atoms with E-state index < -0.39 is 4.92 Å². The van der Waals surface area contributed by atoms with Gasteiger partial charge in [-0.25, -0.2) is 9.97 Å². The lowest BCUT2D eigenvalue weighted by molar-refractivity contribution is -0.383. The number of pyridine rings is 1. The minimum atomic E-state index is -0.540. The van der Waals surface area contributed by atoms with Gasteiger partial charge < -0.3 is 15.4 Å². The van der Waals surface area contributed by atoms with E-state index in [0.717, 1.165) is 0 Å². The maximum Gasteiger partial charge on any atom is 0.353 e. The molecule has 25 heavy (non-hydrogen) atoms. The highest BCUT2D eigenvalue weighted by Gasteiger charge is 2.23. The van der Waals surface area contributed by atoms with Crippen LogP contribution >= 0.6 is 0 Å². The van der Waals surface area contributed by atoms with Gasteiger partial charge in [-0.2, -0.15) is 0 Å². The maximum absolute atomic E-state index is 11.6. The molecule has 2 heterocycles. The zero-order valence-corrected chi connectivity index (χ0v) is 13.2. The second-order valence-corrected chi connectivity index (χ2v) is 4.90. The van der Waals surface area contributed by atoms with Gasteiger partial charge in [0, 0.05) is 18.0 Å². The topological polar surface area (TPSA) is 115 Å². The highest BCUT2D eigenvalue weighted by molar-refractivity contribution is 5.76. The lowest BCUT2D eigenvalue weighted by Crippen LogP contribution is -2.05. The van der Waals surface area contributed by atoms with Crippen molar-refractivity contribution < 1.29 is 9.66 Å². The molecule has 0 radical (unpaired) electrons. The number of hydrogen-bond donors (Lipinski definition) is 2. The number of nitro groups is 1. The molecule has 0 atom stereocenters. The maximum atomic E-state index is 11.6. The molecule has 0 aliphatic rings. The van der Waals surface area contributed by atoms with Crippen LogP contribution in [-0.4, -0.2) is 27.0 Å². The van der Waals surface area contributed by atoms with Crippen molar-refractivity contribution in [1.82, 2.24) is 15.0 Å². The largest absolute Gasteiger partial charge is 0.497 e. The van der Waals surface area contributed by atoms with Crippen molar-refractivity contribution in [2.45, 2.75) is 0 Å². The third kappa shape index (κ3) is 3.78. The normalized spacial score (nSPS) is 10.1. The fourth-order valence-corrected chi connectivity index (χ4v) is 2.15. The number of benzene rings is 1. The molecule has 0 saturated heterocycles. The Balaban J connectivity index is 1.96. The van der Waals surface area contributed by atoms with Crippen LogP contribution in [0.4, 0.5) is 28.7 Å². The van der Waals surface area contributed by atoms with Crippen molar-refractivity contribution in [3.63, 3.8) is 0 Å². The van der Waals surface area contributed by atoms with Crippen molar-refractivity contribution in [2.75, 3.05) is 17.7 Å². The quantitative estimate of drug-likeness (QED) is 0.520. The van der Waals surface area contributed by atoms with Gasteiger partial charge in [0.15, 0.2) is 0 Å². The van der Waals surface area contributed by atoms with Crippen LogP contribution in [0, 0.1) is 10.1 Å². The predicted octanol–water partition coefficient (Wildman–Crippen LogP) is 3.28. The molecule has 0 amide bonds. The number of anilines is 4. The predicted molar refractivity (Wildman–Crippen MR) is 92.5 cm³/mol. The van der Waals surface area contributed by atoms with Crippen LogP contribution in [0.1, 0.15) is 0 Å². The summed E-state index contributed by atoms with van der Waals surface area (Å²) in [7, 11) is 1.54. The Hall–Kier alpha value is -3.75. The van der Waals surface area contributed by atoms with Crippen molar-refractivity contribution in [1.29, 1.82) is 0 Å². The summed E-state index contributed by atoms with van der Waals surface area (Å²) in [6.07, 6.45) is 4.39. The van der Waals surface area contributed by atoms with Crippen LogP contribution in [0.2, 0.25) is 0 Å². The average Bonchev–Trinajstić information content (AvgIpc) is 2.62. The second kappa shape index (κ2) is 7.21. The summed E-state index contributed by atoms with van der Waals surface area (Å²) in [5, 5.41) is 17.4. The van der Waals surface area contributed by atoms with Gasteiger partial charge in [-0.3, -0.25) is 15.1 Å².